The van der Waals surface area contributed by atoms with E-state index >= 15 is 0 Å². The third kappa shape index (κ3) is 4.28. The summed E-state index contributed by atoms with van der Waals surface area (Å²) in [4.78, 5) is 17.2. The molecule has 0 unspecified atom stereocenters. The molecule has 0 aromatic carbocycles. The predicted molar refractivity (Wildman–Crippen MR) is 93.2 cm³/mol. The minimum atomic E-state index is -3.24. The van der Waals surface area contributed by atoms with Crippen LogP contribution in [-0.2, 0) is 19.6 Å². The number of rotatable bonds is 6. The van der Waals surface area contributed by atoms with E-state index in [1.54, 1.807) is 0 Å². The molecule has 2 aliphatic rings. The predicted octanol–water partition coefficient (Wildman–Crippen LogP) is 0.0847. The maximum Gasteiger partial charge on any atom is 0.313 e. The summed E-state index contributed by atoms with van der Waals surface area (Å²) in [6, 6.07) is 0. The summed E-state index contributed by atoms with van der Waals surface area (Å²) in [6.07, 6.45) is 2.65. The second kappa shape index (κ2) is 7.68. The van der Waals surface area contributed by atoms with Crippen LogP contribution in [-0.4, -0.2) is 94.7 Å². The van der Waals surface area contributed by atoms with Crippen molar-refractivity contribution in [1.82, 2.24) is 14.1 Å². The standard InChI is InChI=1S/C16H31N3O4S/c1-5-23-15(20)16-7-6-8-19(24(4,21)22)12-14(16)11-18(13-16)10-9-17(2)3/h14H,5-13H2,1-4H3/t14-,16+/m1/s1. The van der Waals surface area contributed by atoms with Gasteiger partial charge in [0.2, 0.25) is 10.0 Å². The van der Waals surface area contributed by atoms with E-state index in [1.807, 2.05) is 21.0 Å². The molecule has 0 saturated carbocycles. The number of likely N-dealkylation sites (N-methyl/N-ethyl adjacent to an activating group) is 1. The molecule has 2 saturated heterocycles. The molecule has 2 atom stereocenters. The molecule has 0 N–H and O–H groups in total. The van der Waals surface area contributed by atoms with Crippen molar-refractivity contribution in [3.8, 4) is 0 Å². The summed E-state index contributed by atoms with van der Waals surface area (Å²) in [5, 5.41) is 0. The van der Waals surface area contributed by atoms with Crippen LogP contribution in [0.3, 0.4) is 0 Å². The Balaban J connectivity index is 2.22. The fourth-order valence-corrected chi connectivity index (χ4v) is 4.84. The third-order valence-electron chi connectivity index (χ3n) is 5.23. The molecule has 2 heterocycles. The zero-order chi connectivity index (χ0) is 18.0. The number of carbonyl (C=O) groups is 1. The van der Waals surface area contributed by atoms with E-state index in [-0.39, 0.29) is 11.9 Å². The van der Waals surface area contributed by atoms with Gasteiger partial charge in [0.25, 0.3) is 0 Å². The molecule has 2 rings (SSSR count). The van der Waals surface area contributed by atoms with Crippen molar-refractivity contribution in [2.24, 2.45) is 11.3 Å². The van der Waals surface area contributed by atoms with Gasteiger partial charge in [-0.15, -0.1) is 0 Å². The number of likely N-dealkylation sites (tertiary alicyclic amines) is 1. The lowest BCUT2D eigenvalue weighted by Gasteiger charge is -2.31. The van der Waals surface area contributed by atoms with E-state index in [1.165, 1.54) is 10.6 Å². The van der Waals surface area contributed by atoms with Gasteiger partial charge < -0.3 is 14.5 Å². The normalized spacial score (nSPS) is 29.5. The maximum atomic E-state index is 12.8. The summed E-state index contributed by atoms with van der Waals surface area (Å²) < 4.78 is 31.0. The Morgan fingerprint density at radius 1 is 1.33 bits per heavy atom. The van der Waals surface area contributed by atoms with Gasteiger partial charge in [-0.1, -0.05) is 0 Å². The van der Waals surface area contributed by atoms with E-state index < -0.39 is 15.4 Å². The first-order chi connectivity index (χ1) is 11.2. The molecule has 24 heavy (non-hydrogen) atoms. The zero-order valence-corrected chi connectivity index (χ0v) is 16.1. The number of carbonyl (C=O) groups excluding carboxylic acids is 1. The summed E-state index contributed by atoms with van der Waals surface area (Å²) in [5.74, 6) is -0.159. The smallest absolute Gasteiger partial charge is 0.313 e. The first-order valence-electron chi connectivity index (χ1n) is 8.68. The first kappa shape index (κ1) is 19.6. The van der Waals surface area contributed by atoms with Crippen LogP contribution in [0, 0.1) is 11.3 Å². The van der Waals surface area contributed by atoms with E-state index in [4.69, 9.17) is 4.74 Å². The van der Waals surface area contributed by atoms with Gasteiger partial charge in [-0.05, 0) is 33.9 Å². The second-order valence-corrected chi connectivity index (χ2v) is 9.32. The lowest BCUT2D eigenvalue weighted by atomic mass is 9.75. The summed E-state index contributed by atoms with van der Waals surface area (Å²) in [7, 11) is 0.816. The Kier molecular flexibility index (Phi) is 6.28. The lowest BCUT2D eigenvalue weighted by Crippen LogP contribution is -2.43. The van der Waals surface area contributed by atoms with Crippen molar-refractivity contribution >= 4 is 16.0 Å². The van der Waals surface area contributed by atoms with Crippen molar-refractivity contribution < 1.29 is 17.9 Å². The fourth-order valence-electron chi connectivity index (χ4n) is 3.92. The second-order valence-electron chi connectivity index (χ2n) is 7.34. The molecule has 0 spiro atoms. The first-order valence-corrected chi connectivity index (χ1v) is 10.5. The third-order valence-corrected chi connectivity index (χ3v) is 6.50. The van der Waals surface area contributed by atoms with Crippen LogP contribution in [0.2, 0.25) is 0 Å². The Morgan fingerprint density at radius 2 is 2.04 bits per heavy atom. The largest absolute Gasteiger partial charge is 0.466 e. The minimum absolute atomic E-state index is 0.00376. The van der Waals surface area contributed by atoms with Gasteiger partial charge in [0.15, 0.2) is 0 Å². The van der Waals surface area contributed by atoms with Gasteiger partial charge in [0.05, 0.1) is 18.3 Å². The number of nitrogens with zero attached hydrogens (tertiary/aromatic N) is 3. The highest BCUT2D eigenvalue weighted by Crippen LogP contribution is 2.44. The zero-order valence-electron chi connectivity index (χ0n) is 15.3. The van der Waals surface area contributed by atoms with Crippen LogP contribution in [0.5, 0.6) is 0 Å². The highest BCUT2D eigenvalue weighted by molar-refractivity contribution is 7.88. The summed E-state index contributed by atoms with van der Waals surface area (Å²) >= 11 is 0. The lowest BCUT2D eigenvalue weighted by molar-refractivity contribution is -0.157. The van der Waals surface area contributed by atoms with Crippen molar-refractivity contribution in [2.45, 2.75) is 19.8 Å². The molecule has 0 amide bonds. The van der Waals surface area contributed by atoms with Crippen LogP contribution in [0.4, 0.5) is 0 Å². The number of hydrogen-bond donors (Lipinski definition) is 0. The van der Waals surface area contributed by atoms with Gasteiger partial charge in [0, 0.05) is 45.2 Å². The molecule has 8 heteroatoms. The van der Waals surface area contributed by atoms with E-state index in [0.29, 0.717) is 39.1 Å². The Bertz CT molecular complexity index is 552. The van der Waals surface area contributed by atoms with E-state index in [9.17, 15) is 13.2 Å². The SMILES string of the molecule is CCOC(=O)[C@]12CCCN(S(C)(=O)=O)C[C@H]1CN(CCN(C)C)C2. The van der Waals surface area contributed by atoms with Crippen LogP contribution in [0.1, 0.15) is 19.8 Å². The van der Waals surface area contributed by atoms with Gasteiger partial charge in [-0.25, -0.2) is 12.7 Å². The molecule has 0 aromatic rings. The Labute approximate surface area is 146 Å². The van der Waals surface area contributed by atoms with Crippen LogP contribution in [0.25, 0.3) is 0 Å². The highest BCUT2D eigenvalue weighted by atomic mass is 32.2. The average Bonchev–Trinajstić information content (AvgIpc) is 2.72. The van der Waals surface area contributed by atoms with E-state index in [2.05, 4.69) is 9.80 Å². The van der Waals surface area contributed by atoms with E-state index in [0.717, 1.165) is 19.6 Å². The van der Waals surface area contributed by atoms with Crippen molar-refractivity contribution in [3.63, 3.8) is 0 Å². The molecule has 140 valence electrons. The monoisotopic (exact) mass is 361 g/mol. The quantitative estimate of drug-likeness (QED) is 0.624. The summed E-state index contributed by atoms with van der Waals surface area (Å²) in [6.45, 7) is 6.30. The number of sulfonamides is 1. The summed E-state index contributed by atoms with van der Waals surface area (Å²) in [5.41, 5.74) is -0.568. The average molecular weight is 362 g/mol. The molecule has 2 fully saturated rings. The number of ether oxygens (including phenoxy) is 1. The maximum absolute atomic E-state index is 12.8. The van der Waals surface area contributed by atoms with Gasteiger partial charge in [-0.3, -0.25) is 4.79 Å². The molecule has 2 aliphatic heterocycles. The van der Waals surface area contributed by atoms with Gasteiger partial charge in [0.1, 0.15) is 0 Å². The van der Waals surface area contributed by atoms with Crippen LogP contribution >= 0.6 is 0 Å². The minimum Gasteiger partial charge on any atom is -0.466 e. The molecular formula is C16H31N3O4S. The Morgan fingerprint density at radius 3 is 2.62 bits per heavy atom. The van der Waals surface area contributed by atoms with Crippen LogP contribution in [0.15, 0.2) is 0 Å². The van der Waals surface area contributed by atoms with Crippen molar-refractivity contribution in [1.29, 1.82) is 0 Å². The number of esters is 1. The van der Waals surface area contributed by atoms with Crippen molar-refractivity contribution in [2.75, 3.05) is 66.2 Å². The van der Waals surface area contributed by atoms with Gasteiger partial charge >= 0.3 is 5.97 Å². The molecule has 0 bridgehead atoms. The molecular weight excluding hydrogens is 330 g/mol. The van der Waals surface area contributed by atoms with Gasteiger partial charge in [-0.2, -0.15) is 0 Å². The fraction of sp³-hybridized carbons (Fsp3) is 0.938. The molecule has 0 aromatic heterocycles. The van der Waals surface area contributed by atoms with Crippen molar-refractivity contribution in [3.05, 3.63) is 0 Å². The molecule has 0 radical (unpaired) electrons. The Hall–Kier alpha value is -0.700. The highest BCUT2D eigenvalue weighted by Gasteiger charge is 2.54. The topological polar surface area (TPSA) is 70.2 Å². The number of fused-ring (bicyclic) bond motifs is 1. The number of hydrogen-bond acceptors (Lipinski definition) is 6. The molecule has 7 nitrogen and oxygen atoms in total. The molecule has 0 aliphatic carbocycles. The van der Waals surface area contributed by atoms with Crippen LogP contribution < -0.4 is 0 Å².